The Morgan fingerprint density at radius 1 is 1.17 bits per heavy atom. The van der Waals surface area contributed by atoms with E-state index in [1.807, 2.05) is 0 Å². The quantitative estimate of drug-likeness (QED) is 0.778. The van der Waals surface area contributed by atoms with E-state index in [0.717, 1.165) is 25.7 Å². The van der Waals surface area contributed by atoms with Crippen molar-refractivity contribution in [1.29, 1.82) is 0 Å². The van der Waals surface area contributed by atoms with Gasteiger partial charge in [0.2, 0.25) is 5.91 Å². The second kappa shape index (κ2) is 6.87. The predicted molar refractivity (Wildman–Crippen MR) is 69.0 cm³/mol. The van der Waals surface area contributed by atoms with Crippen LogP contribution in [0.1, 0.15) is 45.4 Å². The number of carbonyl (C=O) groups excluding carboxylic acids is 2. The molecule has 104 valence electrons. The van der Waals surface area contributed by atoms with Crippen LogP contribution in [0.4, 0.5) is 0 Å². The third-order valence-electron chi connectivity index (χ3n) is 3.09. The van der Waals surface area contributed by atoms with Crippen molar-refractivity contribution in [3.63, 3.8) is 0 Å². The number of ketones is 1. The highest BCUT2D eigenvalue weighted by Gasteiger charge is 2.21. The molecule has 0 atom stereocenters. The Balaban J connectivity index is 2.36. The van der Waals surface area contributed by atoms with Crippen LogP contribution in [0.3, 0.4) is 0 Å². The maximum absolute atomic E-state index is 11.6. The molecule has 0 unspecified atom stereocenters. The molecule has 0 aromatic heterocycles. The average Bonchev–Trinajstić information content (AvgIpc) is 2.27. The lowest BCUT2D eigenvalue weighted by Gasteiger charge is -2.22. The number of carbonyl (C=O) groups is 2. The highest BCUT2D eigenvalue weighted by Crippen LogP contribution is 2.17. The minimum atomic E-state index is -3.46. The summed E-state index contributed by atoms with van der Waals surface area (Å²) in [6.45, 7) is 1.34. The number of hydrogen-bond acceptors (Lipinski definition) is 4. The average molecular weight is 275 g/mol. The van der Waals surface area contributed by atoms with Crippen molar-refractivity contribution in [1.82, 2.24) is 5.32 Å². The van der Waals surface area contributed by atoms with Gasteiger partial charge in [-0.2, -0.15) is 0 Å². The van der Waals surface area contributed by atoms with Crippen molar-refractivity contribution in [2.75, 3.05) is 11.5 Å². The van der Waals surface area contributed by atoms with Gasteiger partial charge in [-0.15, -0.1) is 0 Å². The molecule has 0 aromatic rings. The van der Waals surface area contributed by atoms with E-state index in [2.05, 4.69) is 5.32 Å². The fourth-order valence-corrected chi connectivity index (χ4v) is 3.31. The number of sulfone groups is 1. The van der Waals surface area contributed by atoms with Crippen LogP contribution in [-0.4, -0.2) is 37.7 Å². The molecule has 1 aliphatic carbocycles. The van der Waals surface area contributed by atoms with Gasteiger partial charge in [-0.25, -0.2) is 8.42 Å². The Bertz CT molecular complexity index is 396. The first-order chi connectivity index (χ1) is 8.39. The zero-order valence-electron chi connectivity index (χ0n) is 10.8. The zero-order chi connectivity index (χ0) is 13.6. The van der Waals surface area contributed by atoms with Crippen molar-refractivity contribution in [3.05, 3.63) is 0 Å². The molecule has 1 amide bonds. The van der Waals surface area contributed by atoms with Crippen molar-refractivity contribution in [3.8, 4) is 0 Å². The third-order valence-corrected chi connectivity index (χ3v) is 4.61. The van der Waals surface area contributed by atoms with Crippen LogP contribution in [0.15, 0.2) is 0 Å². The largest absolute Gasteiger partial charge is 0.352 e. The molecule has 1 saturated carbocycles. The van der Waals surface area contributed by atoms with Gasteiger partial charge in [-0.1, -0.05) is 19.3 Å². The van der Waals surface area contributed by atoms with Gasteiger partial charge in [0.1, 0.15) is 11.5 Å². The molecule has 0 bridgehead atoms. The van der Waals surface area contributed by atoms with Gasteiger partial charge in [-0.05, 0) is 19.8 Å². The van der Waals surface area contributed by atoms with E-state index in [-0.39, 0.29) is 24.0 Å². The SMILES string of the molecule is CC(=O)CCS(=O)(=O)CC(=O)NC1CCCCC1. The molecule has 0 radical (unpaired) electrons. The summed E-state index contributed by atoms with van der Waals surface area (Å²) < 4.78 is 23.1. The highest BCUT2D eigenvalue weighted by molar-refractivity contribution is 7.92. The van der Waals surface area contributed by atoms with E-state index < -0.39 is 21.5 Å². The van der Waals surface area contributed by atoms with Crippen LogP contribution in [0, 0.1) is 0 Å². The molecule has 5 nitrogen and oxygen atoms in total. The van der Waals surface area contributed by atoms with Crippen LogP contribution in [0.2, 0.25) is 0 Å². The van der Waals surface area contributed by atoms with Gasteiger partial charge in [-0.3, -0.25) is 9.59 Å². The molecule has 1 fully saturated rings. The Morgan fingerprint density at radius 3 is 2.33 bits per heavy atom. The van der Waals surface area contributed by atoms with Crippen molar-refractivity contribution < 1.29 is 18.0 Å². The number of rotatable bonds is 6. The third kappa shape index (κ3) is 6.14. The van der Waals surface area contributed by atoms with Gasteiger partial charge in [0, 0.05) is 12.5 Å². The topological polar surface area (TPSA) is 80.3 Å². The smallest absolute Gasteiger partial charge is 0.235 e. The zero-order valence-corrected chi connectivity index (χ0v) is 11.6. The van der Waals surface area contributed by atoms with E-state index in [1.165, 1.54) is 13.3 Å². The normalized spacial score (nSPS) is 17.4. The van der Waals surface area contributed by atoms with Crippen molar-refractivity contribution in [2.24, 2.45) is 0 Å². The van der Waals surface area contributed by atoms with Crippen molar-refractivity contribution >= 4 is 21.5 Å². The Morgan fingerprint density at radius 2 is 1.78 bits per heavy atom. The minimum Gasteiger partial charge on any atom is -0.352 e. The first kappa shape index (κ1) is 15.1. The lowest BCUT2D eigenvalue weighted by molar-refractivity contribution is -0.119. The van der Waals surface area contributed by atoms with E-state index in [4.69, 9.17) is 0 Å². The Labute approximate surface area is 108 Å². The van der Waals surface area contributed by atoms with E-state index in [0.29, 0.717) is 0 Å². The number of hydrogen-bond donors (Lipinski definition) is 1. The molecule has 0 aromatic carbocycles. The summed E-state index contributed by atoms with van der Waals surface area (Å²) in [4.78, 5) is 22.3. The summed E-state index contributed by atoms with van der Waals surface area (Å²) in [6, 6.07) is 0.120. The summed E-state index contributed by atoms with van der Waals surface area (Å²) in [7, 11) is -3.46. The molecule has 0 aliphatic heterocycles. The molecule has 18 heavy (non-hydrogen) atoms. The van der Waals surface area contributed by atoms with E-state index in [9.17, 15) is 18.0 Å². The molecule has 0 heterocycles. The standard InChI is InChI=1S/C12H21NO4S/c1-10(14)7-8-18(16,17)9-12(15)13-11-5-3-2-4-6-11/h11H,2-9H2,1H3,(H,13,15). The van der Waals surface area contributed by atoms with Gasteiger partial charge in [0.05, 0.1) is 5.75 Å². The predicted octanol–water partition coefficient (Wildman–Crippen LogP) is 0.829. The maximum atomic E-state index is 11.6. The van der Waals surface area contributed by atoms with Crippen LogP contribution in [0.25, 0.3) is 0 Å². The maximum Gasteiger partial charge on any atom is 0.235 e. The fraction of sp³-hybridized carbons (Fsp3) is 0.833. The van der Waals surface area contributed by atoms with Crippen LogP contribution >= 0.6 is 0 Å². The summed E-state index contributed by atoms with van der Waals surface area (Å²) in [5.74, 6) is -1.35. The number of amides is 1. The molecule has 0 spiro atoms. The van der Waals surface area contributed by atoms with E-state index in [1.54, 1.807) is 0 Å². The molecule has 1 N–H and O–H groups in total. The van der Waals surface area contributed by atoms with E-state index >= 15 is 0 Å². The molecule has 6 heteroatoms. The van der Waals surface area contributed by atoms with Gasteiger partial charge in [0.25, 0.3) is 0 Å². The molecule has 1 rings (SSSR count). The van der Waals surface area contributed by atoms with Gasteiger partial charge in [0.15, 0.2) is 9.84 Å². The first-order valence-corrected chi connectivity index (χ1v) is 8.20. The molecule has 1 aliphatic rings. The monoisotopic (exact) mass is 275 g/mol. The summed E-state index contributed by atoms with van der Waals surface area (Å²) in [6.07, 6.45) is 5.20. The number of Topliss-reactive ketones (excluding diaryl/α,β-unsaturated/α-hetero) is 1. The first-order valence-electron chi connectivity index (χ1n) is 6.38. The Kier molecular flexibility index (Phi) is 5.78. The van der Waals surface area contributed by atoms with Crippen LogP contribution < -0.4 is 5.32 Å². The van der Waals surface area contributed by atoms with Crippen molar-refractivity contribution in [2.45, 2.75) is 51.5 Å². The van der Waals surface area contributed by atoms with Crippen LogP contribution in [0.5, 0.6) is 0 Å². The second-order valence-corrected chi connectivity index (χ2v) is 7.13. The van der Waals surface area contributed by atoms with Crippen LogP contribution in [-0.2, 0) is 19.4 Å². The second-order valence-electron chi connectivity index (χ2n) is 4.95. The lowest BCUT2D eigenvalue weighted by Crippen LogP contribution is -2.40. The highest BCUT2D eigenvalue weighted by atomic mass is 32.2. The number of nitrogens with one attached hydrogen (secondary N) is 1. The lowest BCUT2D eigenvalue weighted by atomic mass is 9.95. The fourth-order valence-electron chi connectivity index (χ4n) is 2.09. The minimum absolute atomic E-state index is 0.0148. The summed E-state index contributed by atoms with van der Waals surface area (Å²) in [5, 5.41) is 2.76. The Hall–Kier alpha value is -0.910. The molecular formula is C12H21NO4S. The van der Waals surface area contributed by atoms with Gasteiger partial charge >= 0.3 is 0 Å². The molecule has 0 saturated heterocycles. The molecular weight excluding hydrogens is 254 g/mol. The summed E-state index contributed by atoms with van der Waals surface area (Å²) >= 11 is 0. The summed E-state index contributed by atoms with van der Waals surface area (Å²) in [5.41, 5.74) is 0. The van der Waals surface area contributed by atoms with Gasteiger partial charge < -0.3 is 5.32 Å².